The lowest BCUT2D eigenvalue weighted by Crippen LogP contribution is -2.30. The summed E-state index contributed by atoms with van der Waals surface area (Å²) in [5, 5.41) is 3.44. The summed E-state index contributed by atoms with van der Waals surface area (Å²) < 4.78 is 6.07. The van der Waals surface area contributed by atoms with E-state index in [2.05, 4.69) is 52.2 Å². The lowest BCUT2D eigenvalue weighted by Gasteiger charge is -2.21. The minimum atomic E-state index is 0.607. The molecule has 0 radical (unpaired) electrons. The van der Waals surface area contributed by atoms with Crippen molar-refractivity contribution in [1.82, 2.24) is 10.3 Å². The first-order valence-corrected chi connectivity index (χ1v) is 7.23. The third-order valence-corrected chi connectivity index (χ3v) is 3.56. The van der Waals surface area contributed by atoms with Crippen molar-refractivity contribution in [1.29, 1.82) is 0 Å². The van der Waals surface area contributed by atoms with E-state index in [4.69, 9.17) is 4.74 Å². The second kappa shape index (κ2) is 8.62. The minimum Gasteiger partial charge on any atom is -0.383 e. The third kappa shape index (κ3) is 5.94. The van der Waals surface area contributed by atoms with Crippen LogP contribution in [0.15, 0.2) is 22.8 Å². The first kappa shape index (κ1) is 15.6. The number of methoxy groups -OCH3 is 1. The summed E-state index contributed by atoms with van der Waals surface area (Å²) in [6, 6.07) is 4.15. The van der Waals surface area contributed by atoms with E-state index < -0.39 is 0 Å². The van der Waals surface area contributed by atoms with Crippen LogP contribution in [0.2, 0.25) is 0 Å². The molecule has 0 aliphatic heterocycles. The number of nitrogens with one attached hydrogen (secondary N) is 1. The molecule has 0 aliphatic carbocycles. The molecule has 3 nitrogen and oxygen atoms in total. The summed E-state index contributed by atoms with van der Waals surface area (Å²) in [7, 11) is 1.73. The zero-order valence-corrected chi connectivity index (χ0v) is 13.0. The van der Waals surface area contributed by atoms with E-state index in [0.717, 1.165) is 36.3 Å². The Kier molecular flexibility index (Phi) is 7.47. The predicted octanol–water partition coefficient (Wildman–Crippen LogP) is 2.89. The summed E-state index contributed by atoms with van der Waals surface area (Å²) in [6.07, 6.45) is 2.88. The first-order chi connectivity index (χ1) is 8.63. The Labute approximate surface area is 118 Å². The van der Waals surface area contributed by atoms with Gasteiger partial charge in [-0.2, -0.15) is 0 Å². The fourth-order valence-electron chi connectivity index (χ4n) is 1.80. The highest BCUT2D eigenvalue weighted by molar-refractivity contribution is 9.10. The number of hydrogen-bond acceptors (Lipinski definition) is 3. The minimum absolute atomic E-state index is 0.607. The number of halogens is 1. The van der Waals surface area contributed by atoms with Crippen LogP contribution in [0.25, 0.3) is 0 Å². The molecule has 0 bridgehead atoms. The molecule has 1 atom stereocenters. The molecule has 1 aromatic heterocycles. The number of nitrogens with zero attached hydrogens (tertiary/aromatic N) is 1. The van der Waals surface area contributed by atoms with Crippen LogP contribution in [0.1, 0.15) is 19.5 Å². The van der Waals surface area contributed by atoms with Gasteiger partial charge >= 0.3 is 0 Å². The Morgan fingerprint density at radius 1 is 1.39 bits per heavy atom. The van der Waals surface area contributed by atoms with Crippen molar-refractivity contribution in [3.05, 3.63) is 28.5 Å². The fourth-order valence-corrected chi connectivity index (χ4v) is 2.04. The van der Waals surface area contributed by atoms with Crippen LogP contribution in [0.5, 0.6) is 0 Å². The van der Waals surface area contributed by atoms with Gasteiger partial charge in [-0.25, -0.2) is 0 Å². The molecule has 4 heteroatoms. The average molecular weight is 315 g/mol. The van der Waals surface area contributed by atoms with E-state index in [1.165, 1.54) is 0 Å². The molecule has 0 amide bonds. The van der Waals surface area contributed by atoms with Crippen molar-refractivity contribution in [2.24, 2.45) is 11.8 Å². The van der Waals surface area contributed by atoms with E-state index in [-0.39, 0.29) is 0 Å². The van der Waals surface area contributed by atoms with Crippen LogP contribution in [-0.2, 0) is 11.2 Å². The van der Waals surface area contributed by atoms with Gasteiger partial charge in [0.1, 0.15) is 0 Å². The lowest BCUT2D eigenvalue weighted by atomic mass is 9.91. The van der Waals surface area contributed by atoms with Crippen LogP contribution in [0.4, 0.5) is 0 Å². The van der Waals surface area contributed by atoms with Gasteiger partial charge in [-0.05, 0) is 52.9 Å². The second-order valence-corrected chi connectivity index (χ2v) is 5.79. The molecule has 102 valence electrons. The van der Waals surface area contributed by atoms with Gasteiger partial charge in [-0.1, -0.05) is 13.8 Å². The smallest absolute Gasteiger partial charge is 0.0587 e. The Morgan fingerprint density at radius 2 is 2.17 bits per heavy atom. The summed E-state index contributed by atoms with van der Waals surface area (Å²) in [5.74, 6) is 1.25. The number of hydrogen-bond donors (Lipinski definition) is 1. The molecule has 0 aromatic carbocycles. The number of rotatable bonds is 8. The zero-order valence-electron chi connectivity index (χ0n) is 11.4. The number of aromatic nitrogens is 1. The van der Waals surface area contributed by atoms with E-state index in [1.807, 2.05) is 6.20 Å². The normalized spacial score (nSPS) is 12.9. The molecule has 0 saturated carbocycles. The van der Waals surface area contributed by atoms with E-state index in [0.29, 0.717) is 11.8 Å². The van der Waals surface area contributed by atoms with Crippen molar-refractivity contribution in [2.45, 2.75) is 20.3 Å². The highest BCUT2D eigenvalue weighted by atomic mass is 79.9. The Hall–Kier alpha value is -0.450. The monoisotopic (exact) mass is 314 g/mol. The first-order valence-electron chi connectivity index (χ1n) is 6.43. The van der Waals surface area contributed by atoms with Crippen molar-refractivity contribution in [3.63, 3.8) is 0 Å². The molecule has 1 rings (SSSR count). The van der Waals surface area contributed by atoms with Crippen LogP contribution in [0.3, 0.4) is 0 Å². The van der Waals surface area contributed by atoms with Crippen molar-refractivity contribution in [3.8, 4) is 0 Å². The predicted molar refractivity (Wildman–Crippen MR) is 78.7 cm³/mol. The van der Waals surface area contributed by atoms with E-state index in [9.17, 15) is 0 Å². The maximum Gasteiger partial charge on any atom is 0.0587 e. The van der Waals surface area contributed by atoms with Gasteiger partial charge < -0.3 is 10.1 Å². The van der Waals surface area contributed by atoms with E-state index in [1.54, 1.807) is 7.11 Å². The average Bonchev–Trinajstić information content (AvgIpc) is 2.35. The van der Waals surface area contributed by atoms with Gasteiger partial charge in [-0.15, -0.1) is 0 Å². The third-order valence-electron chi connectivity index (χ3n) is 3.09. The molecule has 1 heterocycles. The van der Waals surface area contributed by atoms with Crippen LogP contribution in [-0.4, -0.2) is 31.8 Å². The molecule has 18 heavy (non-hydrogen) atoms. The molecule has 1 unspecified atom stereocenters. The van der Waals surface area contributed by atoms with Crippen molar-refractivity contribution < 1.29 is 4.74 Å². The fraction of sp³-hybridized carbons (Fsp3) is 0.643. The quantitative estimate of drug-likeness (QED) is 0.749. The van der Waals surface area contributed by atoms with Gasteiger partial charge in [0, 0.05) is 30.0 Å². The molecule has 0 aliphatic rings. The van der Waals surface area contributed by atoms with Gasteiger partial charge in [0.15, 0.2) is 0 Å². The molecule has 0 spiro atoms. The van der Waals surface area contributed by atoms with Crippen LogP contribution >= 0.6 is 15.9 Å². The molecule has 1 aromatic rings. The van der Waals surface area contributed by atoms with Gasteiger partial charge in [-0.3, -0.25) is 4.98 Å². The maximum atomic E-state index is 5.04. The van der Waals surface area contributed by atoms with Crippen molar-refractivity contribution in [2.75, 3.05) is 26.8 Å². The molecule has 0 fully saturated rings. The zero-order chi connectivity index (χ0) is 13.4. The second-order valence-electron chi connectivity index (χ2n) is 4.87. The Morgan fingerprint density at radius 3 is 2.72 bits per heavy atom. The van der Waals surface area contributed by atoms with E-state index >= 15 is 0 Å². The lowest BCUT2D eigenvalue weighted by molar-refractivity contribution is 0.196. The number of ether oxygens (including phenoxy) is 1. The summed E-state index contributed by atoms with van der Waals surface area (Å²) in [4.78, 5) is 4.45. The van der Waals surface area contributed by atoms with Gasteiger partial charge in [0.2, 0.25) is 0 Å². The van der Waals surface area contributed by atoms with Crippen LogP contribution in [0, 0.1) is 11.8 Å². The number of pyridine rings is 1. The summed E-state index contributed by atoms with van der Waals surface area (Å²) in [5.41, 5.74) is 1.16. The topological polar surface area (TPSA) is 34.1 Å². The molecule has 1 N–H and O–H groups in total. The standard InChI is InChI=1S/C14H23BrN2O/c1-11(2)12(9-16-6-7-18-3)8-14-5-4-13(15)10-17-14/h4-5,10-12,16H,6-9H2,1-3H3. The molecule has 0 saturated heterocycles. The SMILES string of the molecule is COCCNCC(Cc1ccc(Br)cn1)C(C)C. The Balaban J connectivity index is 2.44. The van der Waals surface area contributed by atoms with Gasteiger partial charge in [0.25, 0.3) is 0 Å². The largest absolute Gasteiger partial charge is 0.383 e. The van der Waals surface area contributed by atoms with Crippen LogP contribution < -0.4 is 5.32 Å². The van der Waals surface area contributed by atoms with Crippen molar-refractivity contribution >= 4 is 15.9 Å². The maximum absolute atomic E-state index is 5.04. The van der Waals surface area contributed by atoms with Gasteiger partial charge in [0.05, 0.1) is 6.61 Å². The Bertz CT molecular complexity index is 327. The molecular weight excluding hydrogens is 292 g/mol. The molecular formula is C14H23BrN2O. The summed E-state index contributed by atoms with van der Waals surface area (Å²) in [6.45, 7) is 7.22. The summed E-state index contributed by atoms with van der Waals surface area (Å²) >= 11 is 3.41. The highest BCUT2D eigenvalue weighted by Gasteiger charge is 2.14. The highest BCUT2D eigenvalue weighted by Crippen LogP contribution is 2.16.